The van der Waals surface area contributed by atoms with E-state index in [4.69, 9.17) is 14.2 Å². The van der Waals surface area contributed by atoms with Crippen LogP contribution in [0.25, 0.3) is 0 Å². The second-order valence-corrected chi connectivity index (χ2v) is 19.1. The number of piperidine rings is 1. The Morgan fingerprint density at radius 3 is 2.27 bits per heavy atom. The topological polar surface area (TPSA) is 197 Å². The lowest BCUT2D eigenvalue weighted by molar-refractivity contribution is -0.265. The van der Waals surface area contributed by atoms with Crippen molar-refractivity contribution in [3.63, 3.8) is 0 Å². The molecule has 1 amide bonds. The zero-order chi connectivity index (χ0) is 45.9. The summed E-state index contributed by atoms with van der Waals surface area (Å²) in [5.74, 6) is -7.65. The van der Waals surface area contributed by atoms with E-state index in [2.05, 4.69) is 0 Å². The molecule has 0 spiro atoms. The van der Waals surface area contributed by atoms with Crippen LogP contribution in [0.15, 0.2) is 47.6 Å². The van der Waals surface area contributed by atoms with E-state index in [1.807, 2.05) is 39.0 Å². The van der Waals surface area contributed by atoms with Gasteiger partial charge >= 0.3 is 5.97 Å². The third-order valence-corrected chi connectivity index (χ3v) is 13.9. The largest absolute Gasteiger partial charge is 0.460 e. The number of amides is 1. The van der Waals surface area contributed by atoms with Crippen molar-refractivity contribution in [2.75, 3.05) is 13.7 Å². The van der Waals surface area contributed by atoms with Gasteiger partial charge in [0.1, 0.15) is 23.7 Å². The second-order valence-electron chi connectivity index (χ2n) is 19.1. The third-order valence-electron chi connectivity index (χ3n) is 13.9. The van der Waals surface area contributed by atoms with Gasteiger partial charge in [-0.05, 0) is 107 Å². The molecule has 0 aromatic heterocycles. The molecule has 4 N–H and O–H groups in total. The first-order valence-corrected chi connectivity index (χ1v) is 23.0. The van der Waals surface area contributed by atoms with Crippen molar-refractivity contribution in [3.8, 4) is 0 Å². The number of carbonyl (C=O) groups excluding carboxylic acids is 5. The Kier molecular flexibility index (Phi) is 19.5. The Balaban J connectivity index is 1.66. The van der Waals surface area contributed by atoms with Gasteiger partial charge in [0.25, 0.3) is 11.7 Å². The van der Waals surface area contributed by atoms with Gasteiger partial charge in [-0.2, -0.15) is 0 Å². The number of Topliss-reactive ketones (excluding diaryl/α,β-unsaturated/α-hetero) is 3. The highest BCUT2D eigenvalue weighted by Crippen LogP contribution is 2.37. The summed E-state index contributed by atoms with van der Waals surface area (Å²) in [6.45, 7) is 12.6. The summed E-state index contributed by atoms with van der Waals surface area (Å²) in [7, 11) is 1.56. The Labute approximate surface area is 369 Å². The molecule has 2 saturated heterocycles. The number of carbonyl (C=O) groups is 5. The van der Waals surface area contributed by atoms with Gasteiger partial charge in [0, 0.05) is 50.7 Å². The van der Waals surface area contributed by atoms with Crippen LogP contribution in [0.4, 0.5) is 0 Å². The Morgan fingerprint density at radius 2 is 1.56 bits per heavy atom. The van der Waals surface area contributed by atoms with Crippen molar-refractivity contribution in [1.82, 2.24) is 4.90 Å². The zero-order valence-electron chi connectivity index (χ0n) is 38.4. The molecule has 3 heterocycles. The second kappa shape index (κ2) is 23.6. The molecule has 13 heteroatoms. The molecule has 4 aliphatic rings. The molecule has 4 rings (SSSR count). The van der Waals surface area contributed by atoms with Crippen molar-refractivity contribution < 1.29 is 58.6 Å². The van der Waals surface area contributed by atoms with E-state index in [1.54, 1.807) is 53.0 Å². The normalized spacial score (nSPS) is 40.6. The molecule has 3 aliphatic heterocycles. The monoisotopic (exact) mass is 870 g/mol. The Morgan fingerprint density at radius 1 is 0.839 bits per heavy atom. The first-order valence-electron chi connectivity index (χ1n) is 23.0. The van der Waals surface area contributed by atoms with Gasteiger partial charge in [-0.3, -0.25) is 19.2 Å². The van der Waals surface area contributed by atoms with Crippen LogP contribution in [0, 0.1) is 35.5 Å². The molecule has 1 aliphatic carbocycles. The van der Waals surface area contributed by atoms with Crippen molar-refractivity contribution in [1.29, 1.82) is 0 Å². The number of rotatable bonds is 4. The van der Waals surface area contributed by atoms with Crippen LogP contribution in [0.1, 0.15) is 132 Å². The number of cyclic esters (lactones) is 1. The van der Waals surface area contributed by atoms with Crippen LogP contribution in [0.3, 0.4) is 0 Å². The maximum Gasteiger partial charge on any atom is 0.329 e. The number of allylic oxidation sites excluding steroid dienone is 6. The highest BCUT2D eigenvalue weighted by molar-refractivity contribution is 6.39. The predicted molar refractivity (Wildman–Crippen MR) is 234 cm³/mol. The molecular formula is C49H75NO12. The van der Waals surface area contributed by atoms with E-state index in [9.17, 15) is 44.4 Å². The minimum absolute atomic E-state index is 0.0622. The number of ether oxygens (including phenoxy) is 3. The van der Waals surface area contributed by atoms with Crippen molar-refractivity contribution in [2.45, 2.75) is 180 Å². The molecule has 62 heavy (non-hydrogen) atoms. The van der Waals surface area contributed by atoms with Crippen LogP contribution in [0.2, 0.25) is 0 Å². The number of hydrogen-bond acceptors (Lipinski definition) is 12. The molecule has 13 nitrogen and oxygen atoms in total. The molecule has 14 atom stereocenters. The molecule has 0 aromatic carbocycles. The average molecular weight is 870 g/mol. The molecule has 0 aromatic rings. The van der Waals surface area contributed by atoms with Gasteiger partial charge in [-0.15, -0.1) is 0 Å². The molecule has 1 saturated carbocycles. The lowest BCUT2D eigenvalue weighted by atomic mass is 9.78. The van der Waals surface area contributed by atoms with Gasteiger partial charge in [0.05, 0.1) is 30.5 Å². The van der Waals surface area contributed by atoms with Gasteiger partial charge in [-0.1, -0.05) is 71.1 Å². The maximum atomic E-state index is 14.3. The molecule has 348 valence electrons. The number of methoxy groups -OCH3 is 1. The van der Waals surface area contributed by atoms with Crippen molar-refractivity contribution in [3.05, 3.63) is 47.6 Å². The standard InChI is InChI=1S/C49H75NO12/c1-29-14-10-9-11-15-30(2)40(52)26-37-19-17-35(7)49(59,62-37)46(56)47(57)50-21-13-12-16-38(50)48(58)61-44(34(6)24-36-18-20-39(51)45(25-36)60-8)28-43(55)33(5)23-32(4)42(54)27-41(53)31(3)22-29/h9-11,14-15,23,29,31,33-40,42,44-45,51-52,54,59H,12-13,16-22,24-28H2,1-8H3/b11-9+,14-10+,30-15+,32-23+/t29-,31-,33-,34-,35-,36+,37+,38?,39-,40+,42+,44+,45-,49-/m1/s1. The average Bonchev–Trinajstić information content (AvgIpc) is 3.23. The number of ketones is 3. The smallest absolute Gasteiger partial charge is 0.329 e. The van der Waals surface area contributed by atoms with Crippen LogP contribution in [-0.4, -0.2) is 117 Å². The number of hydrogen-bond donors (Lipinski definition) is 4. The van der Waals surface area contributed by atoms with E-state index in [0.29, 0.717) is 62.5 Å². The predicted octanol–water partition coefficient (Wildman–Crippen LogP) is 5.90. The molecule has 2 bridgehead atoms. The number of esters is 1. The van der Waals surface area contributed by atoms with E-state index in [1.165, 1.54) is 4.90 Å². The van der Waals surface area contributed by atoms with Crippen LogP contribution in [-0.2, 0) is 38.2 Å². The van der Waals surface area contributed by atoms with Crippen LogP contribution >= 0.6 is 0 Å². The summed E-state index contributed by atoms with van der Waals surface area (Å²) < 4.78 is 17.8. The third kappa shape index (κ3) is 13.8. The number of aliphatic hydroxyl groups is 4. The summed E-state index contributed by atoms with van der Waals surface area (Å²) in [6.07, 6.45) is 11.3. The fourth-order valence-corrected chi connectivity index (χ4v) is 9.51. The fraction of sp³-hybridized carbons (Fsp3) is 0.735. The number of nitrogens with zero attached hydrogens (tertiary/aromatic N) is 1. The summed E-state index contributed by atoms with van der Waals surface area (Å²) in [5.41, 5.74) is 1.12. The van der Waals surface area contributed by atoms with Crippen molar-refractivity contribution in [2.24, 2.45) is 35.5 Å². The highest BCUT2D eigenvalue weighted by Gasteiger charge is 2.53. The quantitative estimate of drug-likeness (QED) is 0.149. The number of fused-ring (bicyclic) bond motifs is 3. The first-order chi connectivity index (χ1) is 29.2. The fourth-order valence-electron chi connectivity index (χ4n) is 9.51. The first kappa shape index (κ1) is 51.3. The minimum atomic E-state index is -2.47. The maximum absolute atomic E-state index is 14.3. The van der Waals surface area contributed by atoms with Crippen LogP contribution < -0.4 is 0 Å². The zero-order valence-corrected chi connectivity index (χ0v) is 38.4. The van der Waals surface area contributed by atoms with Gasteiger partial charge < -0.3 is 39.5 Å². The van der Waals surface area contributed by atoms with E-state index < -0.39 is 71.8 Å². The summed E-state index contributed by atoms with van der Waals surface area (Å²) in [4.78, 5) is 70.8. The van der Waals surface area contributed by atoms with Gasteiger partial charge in [-0.25, -0.2) is 4.79 Å². The van der Waals surface area contributed by atoms with E-state index in [0.717, 1.165) is 6.42 Å². The van der Waals surface area contributed by atoms with Crippen LogP contribution in [0.5, 0.6) is 0 Å². The SMILES string of the molecule is CO[C@@H]1C[C@H](C[C@@H](C)[C@@H]2CC(=O)[C@H](C)/C=C(\C)[C@@H](O)CC(=O)[C@H](C)C[C@H](C)/C=C/C=C/C=C(\C)[C@@H](O)C[C@@H]3CC[C@@H](C)[C@@](O)(O3)C(=O)C(=O)N3CCCCC3C(=O)O2)CC[C@H]1O. The van der Waals surface area contributed by atoms with E-state index in [-0.39, 0.29) is 73.6 Å². The Hall–Kier alpha value is -3.33. The molecule has 0 radical (unpaired) electrons. The Bertz CT molecular complexity index is 1690. The van der Waals surface area contributed by atoms with E-state index >= 15 is 0 Å². The summed E-state index contributed by atoms with van der Waals surface area (Å²) in [6, 6.07) is -1.14. The lowest BCUT2D eigenvalue weighted by Crippen LogP contribution is -2.61. The van der Waals surface area contributed by atoms with Gasteiger partial charge in [0.15, 0.2) is 0 Å². The highest BCUT2D eigenvalue weighted by atomic mass is 16.6. The lowest BCUT2D eigenvalue weighted by Gasteiger charge is -2.42. The molecule has 1 unspecified atom stereocenters. The summed E-state index contributed by atoms with van der Waals surface area (Å²) >= 11 is 0. The van der Waals surface area contributed by atoms with Gasteiger partial charge in [0.2, 0.25) is 5.79 Å². The number of aliphatic hydroxyl groups excluding tert-OH is 3. The van der Waals surface area contributed by atoms with Crippen molar-refractivity contribution >= 4 is 29.2 Å². The molecule has 3 fully saturated rings. The molecular weight excluding hydrogens is 795 g/mol. The minimum Gasteiger partial charge on any atom is -0.460 e. The summed E-state index contributed by atoms with van der Waals surface area (Å²) in [5, 5.41) is 44.4.